The molecule has 1 N–H and O–H groups in total. The second-order valence-corrected chi connectivity index (χ2v) is 7.83. The molecule has 0 saturated carbocycles. The molecule has 1 fully saturated rings. The molecule has 0 atom stereocenters. The van der Waals surface area contributed by atoms with E-state index >= 15 is 0 Å². The number of carbonyl (C=O) groups is 2. The Hall–Kier alpha value is -2.76. The third kappa shape index (κ3) is 6.37. The molecule has 1 aliphatic heterocycles. The van der Waals surface area contributed by atoms with Crippen LogP contribution < -0.4 is 5.32 Å². The Balaban J connectivity index is 1.31. The van der Waals surface area contributed by atoms with E-state index in [2.05, 4.69) is 29.6 Å². The first kappa shape index (κ1) is 21.9. The van der Waals surface area contributed by atoms with E-state index in [1.165, 1.54) is 5.56 Å². The van der Waals surface area contributed by atoms with Gasteiger partial charge >= 0.3 is 0 Å². The first-order chi connectivity index (χ1) is 14.5. The fourth-order valence-electron chi connectivity index (χ4n) is 3.86. The molecule has 0 spiro atoms. The van der Waals surface area contributed by atoms with Crippen LogP contribution >= 0.6 is 0 Å². The molecule has 2 amide bonds. The van der Waals surface area contributed by atoms with Gasteiger partial charge in [0.25, 0.3) is 5.91 Å². The first-order valence-electron chi connectivity index (χ1n) is 10.6. The summed E-state index contributed by atoms with van der Waals surface area (Å²) in [5.41, 5.74) is 1.17. The van der Waals surface area contributed by atoms with Crippen molar-refractivity contribution in [2.45, 2.75) is 38.5 Å². The quantitative estimate of drug-likeness (QED) is 0.653. The van der Waals surface area contributed by atoms with Gasteiger partial charge in [0.15, 0.2) is 0 Å². The number of piperidine rings is 1. The van der Waals surface area contributed by atoms with E-state index < -0.39 is 17.5 Å². The van der Waals surface area contributed by atoms with Crippen molar-refractivity contribution in [3.8, 4) is 0 Å². The van der Waals surface area contributed by atoms with Gasteiger partial charge < -0.3 is 10.2 Å². The van der Waals surface area contributed by atoms with Gasteiger partial charge in [-0.3, -0.25) is 9.59 Å². The lowest BCUT2D eigenvalue weighted by Crippen LogP contribution is -2.38. The highest BCUT2D eigenvalue weighted by molar-refractivity contribution is 5.94. The molecular weight excluding hydrogens is 386 g/mol. The summed E-state index contributed by atoms with van der Waals surface area (Å²) >= 11 is 0. The van der Waals surface area contributed by atoms with Gasteiger partial charge in [-0.05, 0) is 55.7 Å². The Morgan fingerprint density at radius 1 is 1.03 bits per heavy atom. The lowest BCUT2D eigenvalue weighted by Gasteiger charge is -2.32. The average molecular weight is 414 g/mol. The second-order valence-electron chi connectivity index (χ2n) is 7.83. The van der Waals surface area contributed by atoms with Crippen molar-refractivity contribution >= 4 is 11.8 Å². The molecular formula is C24H28F2N2O2. The van der Waals surface area contributed by atoms with Crippen LogP contribution in [-0.2, 0) is 11.2 Å². The van der Waals surface area contributed by atoms with Gasteiger partial charge in [0.05, 0.1) is 5.56 Å². The van der Waals surface area contributed by atoms with Crippen molar-refractivity contribution < 1.29 is 18.4 Å². The Kier molecular flexibility index (Phi) is 7.94. The number of hydrogen-bond donors (Lipinski definition) is 1. The fraction of sp³-hybridized carbons (Fsp3) is 0.417. The molecule has 6 heteroatoms. The molecule has 2 aromatic carbocycles. The second kappa shape index (κ2) is 10.9. The van der Waals surface area contributed by atoms with E-state index in [-0.39, 0.29) is 18.0 Å². The van der Waals surface area contributed by atoms with Crippen LogP contribution in [0.25, 0.3) is 0 Å². The number of amides is 2. The summed E-state index contributed by atoms with van der Waals surface area (Å²) in [7, 11) is 0. The summed E-state index contributed by atoms with van der Waals surface area (Å²) in [6, 6.07) is 13.3. The van der Waals surface area contributed by atoms with Crippen LogP contribution in [0.5, 0.6) is 0 Å². The molecule has 0 bridgehead atoms. The third-order valence-electron chi connectivity index (χ3n) is 5.68. The number of nitrogens with zero attached hydrogens (tertiary/aromatic N) is 1. The summed E-state index contributed by atoms with van der Waals surface area (Å²) in [5, 5.41) is 2.58. The first-order valence-corrected chi connectivity index (χ1v) is 10.6. The number of hydrogen-bond acceptors (Lipinski definition) is 2. The summed E-state index contributed by atoms with van der Waals surface area (Å²) < 4.78 is 26.5. The summed E-state index contributed by atoms with van der Waals surface area (Å²) in [6.07, 6.45) is 5.12. The Morgan fingerprint density at radius 3 is 2.47 bits per heavy atom. The minimum absolute atomic E-state index is 0.0960. The number of nitrogens with one attached hydrogen (secondary N) is 1. The normalized spacial score (nSPS) is 14.5. The molecule has 0 radical (unpaired) electrons. The highest BCUT2D eigenvalue weighted by Crippen LogP contribution is 2.23. The molecule has 4 nitrogen and oxygen atoms in total. The maximum absolute atomic E-state index is 13.6. The minimum atomic E-state index is -0.890. The van der Waals surface area contributed by atoms with E-state index in [4.69, 9.17) is 0 Å². The van der Waals surface area contributed by atoms with E-state index in [0.29, 0.717) is 24.8 Å². The maximum atomic E-state index is 13.6. The largest absolute Gasteiger partial charge is 0.352 e. The Bertz CT molecular complexity index is 850. The molecule has 0 unspecified atom stereocenters. The number of benzene rings is 2. The molecule has 3 rings (SSSR count). The highest BCUT2D eigenvalue weighted by Gasteiger charge is 2.22. The molecule has 1 aliphatic rings. The van der Waals surface area contributed by atoms with Crippen LogP contribution in [0.2, 0.25) is 0 Å². The van der Waals surface area contributed by atoms with Gasteiger partial charge in [-0.25, -0.2) is 8.78 Å². The number of halogens is 2. The zero-order valence-electron chi connectivity index (χ0n) is 17.1. The van der Waals surface area contributed by atoms with Gasteiger partial charge in [0.1, 0.15) is 11.6 Å². The molecule has 1 heterocycles. The van der Waals surface area contributed by atoms with Crippen molar-refractivity contribution in [3.63, 3.8) is 0 Å². The molecule has 160 valence electrons. The van der Waals surface area contributed by atoms with Gasteiger partial charge in [0.2, 0.25) is 5.91 Å². The maximum Gasteiger partial charge on any atom is 0.254 e. The molecule has 2 aromatic rings. The fourth-order valence-corrected chi connectivity index (χ4v) is 3.86. The van der Waals surface area contributed by atoms with Crippen molar-refractivity contribution in [2.75, 3.05) is 19.6 Å². The topological polar surface area (TPSA) is 49.4 Å². The lowest BCUT2D eigenvalue weighted by molar-refractivity contribution is -0.132. The minimum Gasteiger partial charge on any atom is -0.352 e. The monoisotopic (exact) mass is 414 g/mol. The number of aryl methyl sites for hydroxylation is 1. The van der Waals surface area contributed by atoms with E-state index in [0.717, 1.165) is 50.9 Å². The number of likely N-dealkylation sites (tertiary alicyclic amines) is 1. The standard InChI is InChI=1S/C24H28F2N2O2/c25-20-10-11-21(22(26)17-20)24(30)27-14-4-7-23(29)28-15-12-19(13-16-28)9-8-18-5-2-1-3-6-18/h1-3,5-6,10-11,17,19H,4,7-9,12-16H2,(H,27,30). The number of rotatable bonds is 8. The smallest absolute Gasteiger partial charge is 0.254 e. The van der Waals surface area contributed by atoms with E-state index in [1.54, 1.807) is 0 Å². The highest BCUT2D eigenvalue weighted by atomic mass is 19.1. The van der Waals surface area contributed by atoms with Crippen LogP contribution in [-0.4, -0.2) is 36.3 Å². The predicted molar refractivity (Wildman–Crippen MR) is 112 cm³/mol. The van der Waals surface area contributed by atoms with Gasteiger partial charge in [-0.1, -0.05) is 30.3 Å². The van der Waals surface area contributed by atoms with Crippen LogP contribution in [0.15, 0.2) is 48.5 Å². The van der Waals surface area contributed by atoms with Crippen LogP contribution in [0.4, 0.5) is 8.78 Å². The van der Waals surface area contributed by atoms with Crippen molar-refractivity contribution in [1.82, 2.24) is 10.2 Å². The SMILES string of the molecule is O=C(NCCCC(=O)N1CCC(CCc2ccccc2)CC1)c1ccc(F)cc1F. The lowest BCUT2D eigenvalue weighted by atomic mass is 9.90. The van der Waals surface area contributed by atoms with Crippen LogP contribution in [0, 0.1) is 17.6 Å². The van der Waals surface area contributed by atoms with Crippen molar-refractivity contribution in [1.29, 1.82) is 0 Å². The summed E-state index contributed by atoms with van der Waals surface area (Å²) in [5.74, 6) is -1.46. The van der Waals surface area contributed by atoms with Gasteiger partial charge in [0, 0.05) is 32.1 Å². The molecule has 1 saturated heterocycles. The van der Waals surface area contributed by atoms with Crippen LogP contribution in [0.3, 0.4) is 0 Å². The van der Waals surface area contributed by atoms with Crippen LogP contribution in [0.1, 0.15) is 48.0 Å². The number of carbonyl (C=O) groups excluding carboxylic acids is 2. The summed E-state index contributed by atoms with van der Waals surface area (Å²) in [6.45, 7) is 1.84. The Morgan fingerprint density at radius 2 is 1.77 bits per heavy atom. The van der Waals surface area contributed by atoms with E-state index in [1.807, 2.05) is 11.0 Å². The summed E-state index contributed by atoms with van der Waals surface area (Å²) in [4.78, 5) is 26.3. The zero-order valence-corrected chi connectivity index (χ0v) is 17.1. The van der Waals surface area contributed by atoms with Gasteiger partial charge in [-0.15, -0.1) is 0 Å². The molecule has 0 aromatic heterocycles. The average Bonchev–Trinajstić information content (AvgIpc) is 2.76. The zero-order chi connectivity index (χ0) is 21.3. The van der Waals surface area contributed by atoms with E-state index in [9.17, 15) is 18.4 Å². The van der Waals surface area contributed by atoms with Crippen molar-refractivity contribution in [2.24, 2.45) is 5.92 Å². The molecule has 30 heavy (non-hydrogen) atoms. The van der Waals surface area contributed by atoms with Gasteiger partial charge in [-0.2, -0.15) is 0 Å². The third-order valence-corrected chi connectivity index (χ3v) is 5.68. The molecule has 0 aliphatic carbocycles. The van der Waals surface area contributed by atoms with Crippen molar-refractivity contribution in [3.05, 3.63) is 71.3 Å². The predicted octanol–water partition coefficient (Wildman–Crippen LogP) is 4.35. The Labute approximate surface area is 176 Å².